The van der Waals surface area contributed by atoms with Crippen LogP contribution in [0.4, 0.5) is 0 Å². The van der Waals surface area contributed by atoms with E-state index < -0.39 is 5.91 Å². The van der Waals surface area contributed by atoms with Gasteiger partial charge in [-0.1, -0.05) is 46.4 Å². The molecule has 2 aromatic rings. The minimum Gasteiger partial charge on any atom is -0.496 e. The van der Waals surface area contributed by atoms with Crippen molar-refractivity contribution in [3.8, 4) is 17.2 Å². The zero-order valence-corrected chi connectivity index (χ0v) is 17.0. The van der Waals surface area contributed by atoms with Gasteiger partial charge in [-0.25, -0.2) is 4.98 Å². The fourth-order valence-corrected chi connectivity index (χ4v) is 2.94. The molecule has 1 heterocycles. The fraction of sp³-hybridized carbons (Fsp3) is 0.250. The van der Waals surface area contributed by atoms with E-state index in [2.05, 4.69) is 10.3 Å². The molecule has 26 heavy (non-hydrogen) atoms. The smallest absolute Gasteiger partial charge is 0.271 e. The molecule has 2 rings (SSSR count). The van der Waals surface area contributed by atoms with Gasteiger partial charge in [0.05, 0.1) is 36.4 Å². The van der Waals surface area contributed by atoms with Crippen molar-refractivity contribution in [3.05, 3.63) is 43.6 Å². The normalized spacial score (nSPS) is 10.4. The average Bonchev–Trinajstić information content (AvgIpc) is 2.66. The van der Waals surface area contributed by atoms with Crippen LogP contribution >= 0.6 is 46.4 Å². The van der Waals surface area contributed by atoms with Gasteiger partial charge in [-0.05, 0) is 6.07 Å². The first-order valence-corrected chi connectivity index (χ1v) is 8.62. The highest BCUT2D eigenvalue weighted by molar-refractivity contribution is 6.52. The standard InChI is InChI=1S/C16H14Cl4N2O4/c1-24-8-5-10(26-3)9(25-2)4-7(8)6-21-16(23)14-12(18)11(17)13(19)15(20)22-14/h4-5H,6H2,1-3H3,(H,21,23). The van der Waals surface area contributed by atoms with E-state index >= 15 is 0 Å². The van der Waals surface area contributed by atoms with Crippen molar-refractivity contribution < 1.29 is 19.0 Å². The van der Waals surface area contributed by atoms with Crippen molar-refractivity contribution in [1.29, 1.82) is 0 Å². The number of benzene rings is 1. The van der Waals surface area contributed by atoms with Crippen LogP contribution < -0.4 is 19.5 Å². The van der Waals surface area contributed by atoms with Gasteiger partial charge in [-0.3, -0.25) is 4.79 Å². The number of nitrogens with zero attached hydrogens (tertiary/aromatic N) is 1. The Morgan fingerprint density at radius 2 is 1.50 bits per heavy atom. The second-order valence-corrected chi connectivity index (χ2v) is 6.39. The third-order valence-electron chi connectivity index (χ3n) is 3.43. The Kier molecular flexibility index (Phi) is 7.06. The molecular weight excluding hydrogens is 426 g/mol. The van der Waals surface area contributed by atoms with E-state index in [0.29, 0.717) is 22.8 Å². The number of methoxy groups -OCH3 is 3. The molecular formula is C16H14Cl4N2O4. The van der Waals surface area contributed by atoms with Gasteiger partial charge in [0.1, 0.15) is 16.6 Å². The zero-order valence-electron chi connectivity index (χ0n) is 14.0. The van der Waals surface area contributed by atoms with Gasteiger partial charge >= 0.3 is 0 Å². The number of ether oxygens (including phenoxy) is 3. The summed E-state index contributed by atoms with van der Waals surface area (Å²) in [6, 6.07) is 3.34. The third-order valence-corrected chi connectivity index (χ3v) is 5.10. The van der Waals surface area contributed by atoms with Crippen LogP contribution in [0.5, 0.6) is 17.2 Å². The van der Waals surface area contributed by atoms with Gasteiger partial charge in [-0.2, -0.15) is 0 Å². The van der Waals surface area contributed by atoms with E-state index in [4.69, 9.17) is 60.6 Å². The van der Waals surface area contributed by atoms with E-state index in [9.17, 15) is 4.79 Å². The highest BCUT2D eigenvalue weighted by atomic mass is 35.5. The predicted molar refractivity (Wildman–Crippen MR) is 102 cm³/mol. The maximum absolute atomic E-state index is 12.4. The number of rotatable bonds is 6. The number of carbonyl (C=O) groups excluding carboxylic acids is 1. The maximum Gasteiger partial charge on any atom is 0.271 e. The van der Waals surface area contributed by atoms with Crippen LogP contribution in [0.1, 0.15) is 16.1 Å². The lowest BCUT2D eigenvalue weighted by molar-refractivity contribution is 0.0946. The topological polar surface area (TPSA) is 69.7 Å². The molecule has 1 aromatic heterocycles. The van der Waals surface area contributed by atoms with Crippen molar-refractivity contribution in [2.75, 3.05) is 21.3 Å². The molecule has 0 aliphatic rings. The van der Waals surface area contributed by atoms with Crippen LogP contribution in [0.25, 0.3) is 0 Å². The first kappa shape index (κ1) is 20.7. The van der Waals surface area contributed by atoms with E-state index in [1.807, 2.05) is 0 Å². The molecule has 0 aliphatic carbocycles. The Hall–Kier alpha value is -1.60. The second kappa shape index (κ2) is 8.86. The average molecular weight is 440 g/mol. The lowest BCUT2D eigenvalue weighted by Gasteiger charge is -2.15. The van der Waals surface area contributed by atoms with Crippen molar-refractivity contribution in [2.45, 2.75) is 6.54 Å². The molecule has 1 aromatic carbocycles. The SMILES string of the molecule is COc1cc(OC)c(OC)cc1CNC(=O)c1nc(Cl)c(Cl)c(Cl)c1Cl. The maximum atomic E-state index is 12.4. The molecule has 1 amide bonds. The quantitative estimate of drug-likeness (QED) is 0.663. The summed E-state index contributed by atoms with van der Waals surface area (Å²) in [5.74, 6) is 0.924. The second-order valence-electron chi connectivity index (χ2n) is 4.89. The highest BCUT2D eigenvalue weighted by Crippen LogP contribution is 2.37. The molecule has 0 saturated heterocycles. The van der Waals surface area contributed by atoms with Gasteiger partial charge in [0.15, 0.2) is 11.5 Å². The van der Waals surface area contributed by atoms with Crippen molar-refractivity contribution in [3.63, 3.8) is 0 Å². The van der Waals surface area contributed by atoms with Crippen molar-refractivity contribution >= 4 is 52.3 Å². The van der Waals surface area contributed by atoms with Crippen LogP contribution in [-0.2, 0) is 6.54 Å². The number of nitrogens with one attached hydrogen (secondary N) is 1. The summed E-state index contributed by atoms with van der Waals surface area (Å²) in [6.45, 7) is 0.109. The van der Waals surface area contributed by atoms with Crippen LogP contribution in [0.15, 0.2) is 12.1 Å². The minimum absolute atomic E-state index is 0.0172. The monoisotopic (exact) mass is 438 g/mol. The molecule has 0 radical (unpaired) electrons. The number of hydrogen-bond acceptors (Lipinski definition) is 5. The molecule has 140 valence electrons. The summed E-state index contributed by atoms with van der Waals surface area (Å²) >= 11 is 23.7. The Bertz CT molecular complexity index is 846. The van der Waals surface area contributed by atoms with Gasteiger partial charge in [-0.15, -0.1) is 0 Å². The number of aromatic nitrogens is 1. The Morgan fingerprint density at radius 1 is 0.923 bits per heavy atom. The van der Waals surface area contributed by atoms with Crippen LogP contribution in [0.2, 0.25) is 20.2 Å². The fourth-order valence-electron chi connectivity index (χ4n) is 2.13. The molecule has 0 spiro atoms. The molecule has 0 saturated carbocycles. The number of hydrogen-bond donors (Lipinski definition) is 1. The van der Waals surface area contributed by atoms with Crippen molar-refractivity contribution in [1.82, 2.24) is 10.3 Å². The highest BCUT2D eigenvalue weighted by Gasteiger charge is 2.21. The molecule has 6 nitrogen and oxygen atoms in total. The van der Waals surface area contributed by atoms with Gasteiger partial charge < -0.3 is 19.5 Å². The summed E-state index contributed by atoms with van der Waals surface area (Å²) < 4.78 is 15.8. The van der Waals surface area contributed by atoms with Crippen LogP contribution in [0, 0.1) is 0 Å². The lowest BCUT2D eigenvalue weighted by Crippen LogP contribution is -2.24. The molecule has 1 N–H and O–H groups in total. The Labute approximate surface area is 170 Å². The van der Waals surface area contributed by atoms with E-state index in [1.165, 1.54) is 21.3 Å². The molecule has 0 aliphatic heterocycles. The van der Waals surface area contributed by atoms with E-state index in [-0.39, 0.29) is 32.5 Å². The van der Waals surface area contributed by atoms with Gasteiger partial charge in [0.2, 0.25) is 0 Å². The van der Waals surface area contributed by atoms with E-state index in [1.54, 1.807) is 12.1 Å². The molecule has 0 bridgehead atoms. The van der Waals surface area contributed by atoms with Crippen LogP contribution in [0.3, 0.4) is 0 Å². The molecule has 0 atom stereocenters. The first-order valence-electron chi connectivity index (χ1n) is 7.11. The predicted octanol–water partition coefficient (Wildman–Crippen LogP) is 4.65. The van der Waals surface area contributed by atoms with Gasteiger partial charge in [0.25, 0.3) is 5.91 Å². The summed E-state index contributed by atoms with van der Waals surface area (Å²) in [7, 11) is 4.53. The lowest BCUT2D eigenvalue weighted by atomic mass is 10.1. The van der Waals surface area contributed by atoms with Crippen molar-refractivity contribution in [2.24, 2.45) is 0 Å². The summed E-state index contributed by atoms with van der Waals surface area (Å²) in [6.07, 6.45) is 0. The third kappa shape index (κ3) is 4.20. The first-order chi connectivity index (χ1) is 12.3. The summed E-state index contributed by atoms with van der Waals surface area (Å²) in [5, 5.41) is 2.41. The number of pyridine rings is 1. The number of carbonyl (C=O) groups is 1. The molecule has 0 fully saturated rings. The summed E-state index contributed by atoms with van der Waals surface area (Å²) in [5.41, 5.74) is 0.520. The number of halogens is 4. The zero-order chi connectivity index (χ0) is 19.4. The van der Waals surface area contributed by atoms with Gasteiger partial charge in [0, 0.05) is 18.2 Å². The molecule has 10 heteroatoms. The Balaban J connectivity index is 2.28. The van der Waals surface area contributed by atoms with E-state index in [0.717, 1.165) is 0 Å². The number of amides is 1. The van der Waals surface area contributed by atoms with Crippen LogP contribution in [-0.4, -0.2) is 32.2 Å². The molecule has 0 unspecified atom stereocenters. The minimum atomic E-state index is -0.577. The Morgan fingerprint density at radius 3 is 2.08 bits per heavy atom. The largest absolute Gasteiger partial charge is 0.496 e. The summed E-state index contributed by atoms with van der Waals surface area (Å²) in [4.78, 5) is 16.3.